The minimum atomic E-state index is -0.521. The van der Waals surface area contributed by atoms with Gasteiger partial charge in [-0.3, -0.25) is 4.79 Å². The van der Waals surface area contributed by atoms with Gasteiger partial charge in [0.05, 0.1) is 26.3 Å². The summed E-state index contributed by atoms with van der Waals surface area (Å²) in [6, 6.07) is 4.87. The number of nitrogens with one attached hydrogen (secondary N) is 1. The van der Waals surface area contributed by atoms with Gasteiger partial charge in [-0.2, -0.15) is 0 Å². The molecule has 108 valence electrons. The molecule has 0 spiro atoms. The Balaban J connectivity index is 0.00000324. The van der Waals surface area contributed by atoms with E-state index < -0.39 is 6.04 Å². The maximum Gasteiger partial charge on any atom is 0.237 e. The molecule has 1 aromatic carbocycles. The molecule has 0 radical (unpaired) electrons. The first-order chi connectivity index (χ1) is 8.49. The lowest BCUT2D eigenvalue weighted by Crippen LogP contribution is -2.39. The van der Waals surface area contributed by atoms with Crippen LogP contribution < -0.4 is 20.5 Å². The molecule has 3 N–H and O–H groups in total. The second-order valence-corrected chi connectivity index (χ2v) is 4.13. The normalized spacial score (nSPS) is 12.9. The van der Waals surface area contributed by atoms with Crippen molar-refractivity contribution in [2.24, 2.45) is 5.73 Å². The standard InChI is InChI=1S/C13H20N2O3.ClH/c1-8(14)13(16)15-9(2)10-5-6-11(17-3)12(7-10)18-4;/h5-9H,14H2,1-4H3,(H,15,16);1H/t8-,9?;/m1./s1. The lowest BCUT2D eigenvalue weighted by atomic mass is 10.1. The zero-order chi connectivity index (χ0) is 13.7. The van der Waals surface area contributed by atoms with Crippen molar-refractivity contribution < 1.29 is 14.3 Å². The topological polar surface area (TPSA) is 73.6 Å². The highest BCUT2D eigenvalue weighted by Crippen LogP contribution is 2.29. The summed E-state index contributed by atoms with van der Waals surface area (Å²) in [5.74, 6) is 1.11. The van der Waals surface area contributed by atoms with Crippen molar-refractivity contribution in [2.75, 3.05) is 14.2 Å². The van der Waals surface area contributed by atoms with E-state index in [1.807, 2.05) is 25.1 Å². The fourth-order valence-electron chi connectivity index (χ4n) is 1.55. The van der Waals surface area contributed by atoms with Crippen LogP contribution in [-0.4, -0.2) is 26.2 Å². The van der Waals surface area contributed by atoms with Crippen LogP contribution in [0.15, 0.2) is 18.2 Å². The van der Waals surface area contributed by atoms with Gasteiger partial charge in [-0.05, 0) is 31.5 Å². The van der Waals surface area contributed by atoms with Crippen LogP contribution in [0.4, 0.5) is 0 Å². The average molecular weight is 289 g/mol. The van der Waals surface area contributed by atoms with Gasteiger partial charge in [-0.1, -0.05) is 6.07 Å². The van der Waals surface area contributed by atoms with Crippen LogP contribution in [0.3, 0.4) is 0 Å². The molecule has 0 bridgehead atoms. The van der Waals surface area contributed by atoms with Gasteiger partial charge in [0.2, 0.25) is 5.91 Å². The number of hydrogen-bond donors (Lipinski definition) is 2. The van der Waals surface area contributed by atoms with Crippen LogP contribution in [-0.2, 0) is 4.79 Å². The summed E-state index contributed by atoms with van der Waals surface area (Å²) in [6.07, 6.45) is 0. The number of ether oxygens (including phenoxy) is 2. The number of amides is 1. The van der Waals surface area contributed by atoms with Gasteiger partial charge in [0.15, 0.2) is 11.5 Å². The number of methoxy groups -OCH3 is 2. The van der Waals surface area contributed by atoms with Crippen molar-refractivity contribution in [3.63, 3.8) is 0 Å². The number of carbonyl (C=O) groups excluding carboxylic acids is 1. The molecule has 1 unspecified atom stereocenters. The molecule has 0 aromatic heterocycles. The largest absolute Gasteiger partial charge is 0.493 e. The Bertz CT molecular complexity index is 424. The Morgan fingerprint density at radius 2 is 1.79 bits per heavy atom. The van der Waals surface area contributed by atoms with Crippen LogP contribution in [0, 0.1) is 0 Å². The summed E-state index contributed by atoms with van der Waals surface area (Å²) in [4.78, 5) is 11.5. The molecule has 1 rings (SSSR count). The number of halogens is 1. The quantitative estimate of drug-likeness (QED) is 0.864. The van der Waals surface area contributed by atoms with Crippen LogP contribution in [0.1, 0.15) is 25.5 Å². The van der Waals surface area contributed by atoms with Crippen LogP contribution in [0.5, 0.6) is 11.5 Å². The average Bonchev–Trinajstić information content (AvgIpc) is 2.37. The van der Waals surface area contributed by atoms with E-state index in [0.717, 1.165) is 5.56 Å². The molecule has 0 aliphatic heterocycles. The van der Waals surface area contributed by atoms with Gasteiger partial charge >= 0.3 is 0 Å². The van der Waals surface area contributed by atoms with Crippen molar-refractivity contribution in [3.05, 3.63) is 23.8 Å². The van der Waals surface area contributed by atoms with Crippen molar-refractivity contribution in [2.45, 2.75) is 25.9 Å². The van der Waals surface area contributed by atoms with Crippen molar-refractivity contribution in [1.29, 1.82) is 0 Å². The maximum absolute atomic E-state index is 11.5. The van der Waals surface area contributed by atoms with Crippen molar-refractivity contribution in [3.8, 4) is 11.5 Å². The maximum atomic E-state index is 11.5. The lowest BCUT2D eigenvalue weighted by Gasteiger charge is -2.17. The predicted octanol–water partition coefficient (Wildman–Crippen LogP) is 1.65. The lowest BCUT2D eigenvalue weighted by molar-refractivity contribution is -0.122. The Kier molecular flexibility index (Phi) is 7.26. The Morgan fingerprint density at radius 1 is 1.21 bits per heavy atom. The summed E-state index contributed by atoms with van der Waals surface area (Å²) in [5.41, 5.74) is 6.44. The van der Waals surface area contributed by atoms with E-state index in [4.69, 9.17) is 15.2 Å². The zero-order valence-corrected chi connectivity index (χ0v) is 12.4. The third-order valence-electron chi connectivity index (χ3n) is 2.68. The molecule has 0 saturated carbocycles. The van der Waals surface area contributed by atoms with E-state index in [0.29, 0.717) is 11.5 Å². The molecule has 0 aliphatic carbocycles. The van der Waals surface area contributed by atoms with Gasteiger partial charge < -0.3 is 20.5 Å². The molecule has 5 nitrogen and oxygen atoms in total. The summed E-state index contributed by atoms with van der Waals surface area (Å²) >= 11 is 0. The summed E-state index contributed by atoms with van der Waals surface area (Å²) in [5, 5.41) is 2.82. The molecule has 2 atom stereocenters. The number of benzene rings is 1. The van der Waals surface area contributed by atoms with Gasteiger partial charge in [0.25, 0.3) is 0 Å². The molecular formula is C13H21ClN2O3. The van der Waals surface area contributed by atoms with E-state index in [2.05, 4.69) is 5.32 Å². The van der Waals surface area contributed by atoms with E-state index in [1.54, 1.807) is 21.1 Å². The number of rotatable bonds is 5. The van der Waals surface area contributed by atoms with Gasteiger partial charge in [0, 0.05) is 0 Å². The van der Waals surface area contributed by atoms with E-state index in [1.165, 1.54) is 0 Å². The molecule has 1 amide bonds. The summed E-state index contributed by atoms with van der Waals surface area (Å²) in [7, 11) is 3.16. The highest BCUT2D eigenvalue weighted by atomic mass is 35.5. The van der Waals surface area contributed by atoms with Gasteiger partial charge in [-0.15, -0.1) is 12.4 Å². The summed E-state index contributed by atoms with van der Waals surface area (Å²) in [6.45, 7) is 3.54. The molecule has 6 heteroatoms. The molecule has 1 aromatic rings. The number of nitrogens with two attached hydrogens (primary N) is 1. The third-order valence-corrected chi connectivity index (χ3v) is 2.68. The van der Waals surface area contributed by atoms with E-state index in [-0.39, 0.29) is 24.4 Å². The van der Waals surface area contributed by atoms with E-state index >= 15 is 0 Å². The minimum Gasteiger partial charge on any atom is -0.493 e. The Morgan fingerprint density at radius 3 is 2.26 bits per heavy atom. The molecule has 0 aliphatic rings. The highest BCUT2D eigenvalue weighted by Gasteiger charge is 2.14. The second-order valence-electron chi connectivity index (χ2n) is 4.13. The molecular weight excluding hydrogens is 268 g/mol. The SMILES string of the molecule is COc1ccc(C(C)NC(=O)[C@@H](C)N)cc1OC.Cl. The van der Waals surface area contributed by atoms with E-state index in [9.17, 15) is 4.79 Å². The van der Waals surface area contributed by atoms with Gasteiger partial charge in [0.1, 0.15) is 0 Å². The fourth-order valence-corrected chi connectivity index (χ4v) is 1.55. The first kappa shape index (κ1) is 17.5. The van der Waals surface area contributed by atoms with Crippen LogP contribution >= 0.6 is 12.4 Å². The number of hydrogen-bond acceptors (Lipinski definition) is 4. The third kappa shape index (κ3) is 4.61. The second kappa shape index (κ2) is 7.86. The Labute approximate surface area is 119 Å². The number of carbonyl (C=O) groups is 1. The van der Waals surface area contributed by atoms with Crippen LogP contribution in [0.2, 0.25) is 0 Å². The molecule has 0 heterocycles. The Hall–Kier alpha value is -1.46. The monoisotopic (exact) mass is 288 g/mol. The molecule has 19 heavy (non-hydrogen) atoms. The smallest absolute Gasteiger partial charge is 0.237 e. The van der Waals surface area contributed by atoms with Crippen LogP contribution in [0.25, 0.3) is 0 Å². The molecule has 0 saturated heterocycles. The first-order valence-corrected chi connectivity index (χ1v) is 5.77. The minimum absolute atomic E-state index is 0. The summed E-state index contributed by atoms with van der Waals surface area (Å²) < 4.78 is 10.4. The fraction of sp³-hybridized carbons (Fsp3) is 0.462. The molecule has 0 fully saturated rings. The highest BCUT2D eigenvalue weighted by molar-refractivity contribution is 5.85. The van der Waals surface area contributed by atoms with Crippen molar-refractivity contribution >= 4 is 18.3 Å². The van der Waals surface area contributed by atoms with Crippen molar-refractivity contribution in [1.82, 2.24) is 5.32 Å². The predicted molar refractivity (Wildman–Crippen MR) is 77.0 cm³/mol. The first-order valence-electron chi connectivity index (χ1n) is 5.77. The van der Waals surface area contributed by atoms with Gasteiger partial charge in [-0.25, -0.2) is 0 Å². The zero-order valence-electron chi connectivity index (χ0n) is 11.6.